The highest BCUT2D eigenvalue weighted by Gasteiger charge is 2.66. The van der Waals surface area contributed by atoms with E-state index in [2.05, 4.69) is 10.6 Å². The monoisotopic (exact) mass is 527 g/mol. The molecule has 0 aromatic carbocycles. The van der Waals surface area contributed by atoms with Crippen molar-refractivity contribution in [1.82, 2.24) is 15.5 Å². The van der Waals surface area contributed by atoms with Crippen LogP contribution >= 0.6 is 23.1 Å². The maximum absolute atomic E-state index is 12.9. The molecule has 0 saturated carbocycles. The third kappa shape index (κ3) is 5.50. The first kappa shape index (κ1) is 26.7. The van der Waals surface area contributed by atoms with Crippen molar-refractivity contribution >= 4 is 52.8 Å². The van der Waals surface area contributed by atoms with Crippen LogP contribution in [0.3, 0.4) is 0 Å². The molecule has 190 valence electrons. The van der Waals surface area contributed by atoms with Gasteiger partial charge in [0, 0.05) is 24.2 Å². The summed E-state index contributed by atoms with van der Waals surface area (Å²) < 4.78 is 5.32. The molecular formula is C21H25N3O9S2. The maximum Gasteiger partial charge on any atom is 0.352 e. The summed E-state index contributed by atoms with van der Waals surface area (Å²) >= 11 is 2.53. The second kappa shape index (κ2) is 11.2. The number of aliphatic hydroxyl groups excluding tert-OH is 1. The predicted octanol–water partition coefficient (Wildman–Crippen LogP) is -0.265. The number of methoxy groups -OCH3 is 1. The van der Waals surface area contributed by atoms with Crippen molar-refractivity contribution < 1.29 is 44.0 Å². The molecule has 35 heavy (non-hydrogen) atoms. The summed E-state index contributed by atoms with van der Waals surface area (Å²) in [6, 6.07) is 2.38. The highest BCUT2D eigenvalue weighted by atomic mass is 32.2. The minimum absolute atomic E-state index is 0.0110. The minimum Gasteiger partial charge on any atom is -0.480 e. The summed E-state index contributed by atoms with van der Waals surface area (Å²) in [7, 11) is 1.21. The number of carbonyl (C=O) groups excluding carboxylic acids is 3. The van der Waals surface area contributed by atoms with E-state index in [9.17, 15) is 39.3 Å². The highest BCUT2D eigenvalue weighted by Crippen LogP contribution is 2.46. The van der Waals surface area contributed by atoms with Crippen LogP contribution in [0.5, 0.6) is 0 Å². The summed E-state index contributed by atoms with van der Waals surface area (Å²) in [6.07, 6.45) is 0.0000554. The first-order chi connectivity index (χ1) is 16.6. The number of aliphatic carboxylic acids is 2. The third-order valence-corrected chi connectivity index (χ3v) is 7.85. The summed E-state index contributed by atoms with van der Waals surface area (Å²) in [5, 5.41) is 34.2. The molecule has 14 heteroatoms. The number of nitrogens with one attached hydrogen (secondary N) is 2. The number of fused-ring (bicyclic) bond motifs is 1. The van der Waals surface area contributed by atoms with Gasteiger partial charge in [-0.15, -0.1) is 23.1 Å². The molecule has 3 atom stereocenters. The molecule has 3 rings (SSSR count). The molecule has 3 unspecified atom stereocenters. The van der Waals surface area contributed by atoms with E-state index >= 15 is 0 Å². The van der Waals surface area contributed by atoms with Crippen LogP contribution in [-0.4, -0.2) is 86.5 Å². The van der Waals surface area contributed by atoms with E-state index in [0.717, 1.165) is 21.5 Å². The number of β-lactam (4-membered cyclic amide) rings is 1. The van der Waals surface area contributed by atoms with Crippen LogP contribution in [0.4, 0.5) is 0 Å². The van der Waals surface area contributed by atoms with Crippen molar-refractivity contribution in [3.05, 3.63) is 33.7 Å². The quantitative estimate of drug-likeness (QED) is 0.179. The lowest BCUT2D eigenvalue weighted by molar-refractivity contribution is -0.192. The van der Waals surface area contributed by atoms with Gasteiger partial charge in [-0.25, -0.2) is 9.59 Å². The summed E-state index contributed by atoms with van der Waals surface area (Å²) in [5.74, 6) is -4.28. The van der Waals surface area contributed by atoms with Gasteiger partial charge in [0.25, 0.3) is 11.6 Å². The number of amides is 3. The van der Waals surface area contributed by atoms with E-state index in [0.29, 0.717) is 0 Å². The van der Waals surface area contributed by atoms with Crippen LogP contribution in [0.2, 0.25) is 0 Å². The standard InChI is InChI=1S/C21H25N3O9S2/c1-33-21(19(32)24-16(18(30)31)11(9-25)10-35-20(21)24)23-14(26)6-2-5-13(17(28)29)22-15(27)8-12-4-3-7-34-12/h3-4,7,13,20,25H,2,5-6,8-10H2,1H3,(H,22,27)(H,23,26)(H,28,29)(H,30,31). The number of carboxylic acids is 2. The molecule has 2 aliphatic rings. The van der Waals surface area contributed by atoms with Crippen LogP contribution in [0.25, 0.3) is 0 Å². The SMILES string of the molecule is COC1(NC(=O)CCCC(NC(=O)Cc2cccs2)C(=O)O)C(=O)N2C(C(=O)O)=C(CO)CSC21. The van der Waals surface area contributed by atoms with Gasteiger partial charge in [0.15, 0.2) is 0 Å². The highest BCUT2D eigenvalue weighted by molar-refractivity contribution is 8.00. The predicted molar refractivity (Wildman–Crippen MR) is 124 cm³/mol. The molecule has 0 radical (unpaired) electrons. The van der Waals surface area contributed by atoms with Gasteiger partial charge >= 0.3 is 11.9 Å². The Balaban J connectivity index is 1.56. The second-order valence-electron chi connectivity index (χ2n) is 7.85. The molecule has 5 N–H and O–H groups in total. The van der Waals surface area contributed by atoms with E-state index < -0.39 is 53.4 Å². The van der Waals surface area contributed by atoms with E-state index in [1.807, 2.05) is 5.38 Å². The zero-order valence-corrected chi connectivity index (χ0v) is 20.3. The number of nitrogens with zero attached hydrogens (tertiary/aromatic N) is 1. The first-order valence-electron chi connectivity index (χ1n) is 10.6. The van der Waals surface area contributed by atoms with Gasteiger partial charge in [-0.1, -0.05) is 6.07 Å². The number of aliphatic hydroxyl groups is 1. The molecule has 1 aromatic heterocycles. The van der Waals surface area contributed by atoms with Crippen molar-refractivity contribution in [2.75, 3.05) is 19.5 Å². The van der Waals surface area contributed by atoms with E-state index in [1.54, 1.807) is 12.1 Å². The number of ether oxygens (including phenoxy) is 1. The van der Waals surface area contributed by atoms with E-state index in [1.165, 1.54) is 18.4 Å². The molecule has 0 aliphatic carbocycles. The summed E-state index contributed by atoms with van der Waals surface area (Å²) in [4.78, 5) is 62.5. The third-order valence-electron chi connectivity index (χ3n) is 5.60. The molecule has 1 saturated heterocycles. The molecule has 0 spiro atoms. The van der Waals surface area contributed by atoms with Gasteiger partial charge in [-0.05, 0) is 29.9 Å². The zero-order chi connectivity index (χ0) is 25.8. The average Bonchev–Trinajstić information content (AvgIpc) is 3.33. The Morgan fingerprint density at radius 3 is 2.60 bits per heavy atom. The van der Waals surface area contributed by atoms with Crippen LogP contribution in [0, 0.1) is 0 Å². The molecule has 3 heterocycles. The maximum atomic E-state index is 12.9. The molecule has 1 fully saturated rings. The number of carbonyl (C=O) groups is 5. The van der Waals surface area contributed by atoms with Crippen LogP contribution in [0.1, 0.15) is 24.1 Å². The lowest BCUT2D eigenvalue weighted by Crippen LogP contribution is -2.80. The van der Waals surface area contributed by atoms with Gasteiger partial charge < -0.3 is 30.7 Å². The van der Waals surface area contributed by atoms with E-state index in [4.69, 9.17) is 4.74 Å². The average molecular weight is 528 g/mol. The minimum atomic E-state index is -1.77. The fourth-order valence-corrected chi connectivity index (χ4v) is 6.01. The Morgan fingerprint density at radius 1 is 1.29 bits per heavy atom. The Bertz CT molecular complexity index is 1040. The van der Waals surface area contributed by atoms with Crippen LogP contribution in [0.15, 0.2) is 28.8 Å². The lowest BCUT2D eigenvalue weighted by Gasteiger charge is -2.55. The summed E-state index contributed by atoms with van der Waals surface area (Å²) in [6.45, 7) is -0.522. The Labute approximate surface area is 208 Å². The number of hydrogen-bond acceptors (Lipinski definition) is 9. The molecular weight excluding hydrogens is 502 g/mol. The fraction of sp³-hybridized carbons (Fsp3) is 0.476. The summed E-state index contributed by atoms with van der Waals surface area (Å²) in [5.41, 5.74) is -1.92. The number of thioether (sulfide) groups is 1. The van der Waals surface area contributed by atoms with Crippen molar-refractivity contribution in [2.24, 2.45) is 0 Å². The largest absolute Gasteiger partial charge is 0.480 e. The second-order valence-corrected chi connectivity index (χ2v) is 9.95. The molecule has 0 bridgehead atoms. The van der Waals surface area contributed by atoms with Gasteiger partial charge in [-0.3, -0.25) is 19.3 Å². The Morgan fingerprint density at radius 2 is 2.03 bits per heavy atom. The lowest BCUT2D eigenvalue weighted by atomic mass is 9.97. The number of thiophene rings is 1. The normalized spacial score (nSPS) is 22.2. The molecule has 2 aliphatic heterocycles. The van der Waals surface area contributed by atoms with Crippen LogP contribution < -0.4 is 10.6 Å². The topological polar surface area (TPSA) is 183 Å². The van der Waals surface area contributed by atoms with Crippen LogP contribution in [-0.2, 0) is 35.1 Å². The Kier molecular flexibility index (Phi) is 8.53. The van der Waals surface area contributed by atoms with Gasteiger partial charge in [0.05, 0.1) is 13.0 Å². The molecule has 3 amide bonds. The fourth-order valence-electron chi connectivity index (χ4n) is 3.88. The number of hydrogen-bond donors (Lipinski definition) is 5. The molecule has 12 nitrogen and oxygen atoms in total. The van der Waals surface area contributed by atoms with Crippen molar-refractivity contribution in [3.63, 3.8) is 0 Å². The van der Waals surface area contributed by atoms with Crippen molar-refractivity contribution in [2.45, 2.75) is 42.8 Å². The number of rotatable bonds is 12. The smallest absolute Gasteiger partial charge is 0.352 e. The van der Waals surface area contributed by atoms with Gasteiger partial charge in [0.1, 0.15) is 17.1 Å². The van der Waals surface area contributed by atoms with Crippen molar-refractivity contribution in [3.8, 4) is 0 Å². The molecule has 1 aromatic rings. The van der Waals surface area contributed by atoms with Crippen molar-refractivity contribution in [1.29, 1.82) is 0 Å². The van der Waals surface area contributed by atoms with Gasteiger partial charge in [-0.2, -0.15) is 0 Å². The first-order valence-corrected chi connectivity index (χ1v) is 12.5. The van der Waals surface area contributed by atoms with Gasteiger partial charge in [0.2, 0.25) is 11.8 Å². The Hall–Kier alpha value is -2.94. The zero-order valence-electron chi connectivity index (χ0n) is 18.7. The number of carboxylic acid groups (broad SMARTS) is 2. The van der Waals surface area contributed by atoms with E-state index in [-0.39, 0.29) is 42.7 Å².